The maximum Gasteiger partial charge on any atom is 0.308 e. The molecule has 0 aliphatic rings. The molecular weight excluding hydrogens is 513 g/mol. The van der Waals surface area contributed by atoms with E-state index >= 15 is 0 Å². The first-order valence-electron chi connectivity index (χ1n) is 13.6. The average molecular weight is 554 g/mol. The smallest absolute Gasteiger partial charge is 0.308 e. The summed E-state index contributed by atoms with van der Waals surface area (Å²) >= 11 is 0. The fourth-order valence-electron chi connectivity index (χ4n) is 4.51. The Labute approximate surface area is 235 Å². The first-order chi connectivity index (χ1) is 18.8. The van der Waals surface area contributed by atoms with Crippen molar-refractivity contribution < 1.29 is 28.9 Å². The Hall–Kier alpha value is -3.56. The van der Waals surface area contributed by atoms with E-state index in [9.17, 15) is 24.2 Å². The van der Waals surface area contributed by atoms with Crippen molar-refractivity contribution in [2.45, 2.75) is 90.6 Å². The van der Waals surface area contributed by atoms with Crippen LogP contribution >= 0.6 is 0 Å². The average Bonchev–Trinajstić information content (AvgIpc) is 3.26. The van der Waals surface area contributed by atoms with Gasteiger partial charge in [-0.2, -0.15) is 5.10 Å². The quantitative estimate of drug-likeness (QED) is 0.277. The Kier molecular flexibility index (Phi) is 10.6. The van der Waals surface area contributed by atoms with Crippen LogP contribution in [0.15, 0.2) is 54.6 Å². The lowest BCUT2D eigenvalue weighted by Gasteiger charge is -2.21. The molecular formula is C31H40FN3O5. The second kappa shape index (κ2) is 13.7. The number of aryl methyl sites for hydroxylation is 1. The number of ether oxygens (including phenoxy) is 1. The molecule has 1 heterocycles. The number of aliphatic hydroxyl groups excluding tert-OH is 2. The van der Waals surface area contributed by atoms with Crippen LogP contribution < -0.4 is 5.32 Å². The molecule has 3 aromatic rings. The Balaban J connectivity index is 1.81. The summed E-state index contributed by atoms with van der Waals surface area (Å²) in [4.78, 5) is 25.5. The molecule has 0 unspecified atom stereocenters. The third-order valence-electron chi connectivity index (χ3n) is 6.24. The molecule has 1 amide bonds. The molecule has 40 heavy (non-hydrogen) atoms. The molecule has 0 bridgehead atoms. The van der Waals surface area contributed by atoms with Crippen LogP contribution in [0, 0.1) is 5.82 Å². The Morgan fingerprint density at radius 1 is 1.02 bits per heavy atom. The standard InChI is InChI=1S/C31H40FN3O5/c1-20(2)28-26(16-15-24(36)17-25(37)18-27(38)40-31(3,4)5)34-35(23-13-11-22(32)12-14-23)29(28)30(39)33-19-21-9-7-6-8-10-21/h6-14,20,24-25,36-37H,15-19H2,1-5H3,(H,33,39)/t24-,25-/m1/s1. The molecule has 0 saturated heterocycles. The number of aromatic nitrogens is 2. The lowest BCUT2D eigenvalue weighted by Crippen LogP contribution is -2.28. The van der Waals surface area contributed by atoms with Gasteiger partial charge >= 0.3 is 5.97 Å². The number of benzene rings is 2. The van der Waals surface area contributed by atoms with E-state index in [0.29, 0.717) is 30.0 Å². The predicted octanol–water partition coefficient (Wildman–Crippen LogP) is 4.84. The molecule has 0 aliphatic carbocycles. The maximum atomic E-state index is 13.7. The molecule has 0 fully saturated rings. The first kappa shape index (κ1) is 31.0. The second-order valence-corrected chi connectivity index (χ2v) is 11.3. The molecule has 0 saturated carbocycles. The van der Waals surface area contributed by atoms with Gasteiger partial charge in [0.15, 0.2) is 0 Å². The predicted molar refractivity (Wildman–Crippen MR) is 151 cm³/mol. The second-order valence-electron chi connectivity index (χ2n) is 11.3. The zero-order chi connectivity index (χ0) is 29.4. The third-order valence-corrected chi connectivity index (χ3v) is 6.24. The van der Waals surface area contributed by atoms with Crippen LogP contribution in [0.1, 0.15) is 87.1 Å². The fourth-order valence-corrected chi connectivity index (χ4v) is 4.51. The summed E-state index contributed by atoms with van der Waals surface area (Å²) in [7, 11) is 0. The van der Waals surface area contributed by atoms with Crippen LogP contribution in [0.2, 0.25) is 0 Å². The van der Waals surface area contributed by atoms with Crippen LogP contribution in [0.4, 0.5) is 4.39 Å². The van der Waals surface area contributed by atoms with Crippen LogP contribution in [0.3, 0.4) is 0 Å². The number of aliphatic hydroxyl groups is 2. The summed E-state index contributed by atoms with van der Waals surface area (Å²) in [6.07, 6.45) is -1.57. The molecule has 1 aromatic heterocycles. The van der Waals surface area contributed by atoms with E-state index in [1.54, 1.807) is 32.9 Å². The highest BCUT2D eigenvalue weighted by atomic mass is 19.1. The summed E-state index contributed by atoms with van der Waals surface area (Å²) in [5, 5.41) is 28.6. The van der Waals surface area contributed by atoms with Crippen LogP contribution in [-0.2, 0) is 22.5 Å². The number of hydrogen-bond acceptors (Lipinski definition) is 6. The molecule has 2 aromatic carbocycles. The number of carbonyl (C=O) groups is 2. The first-order valence-corrected chi connectivity index (χ1v) is 13.6. The van der Waals surface area contributed by atoms with Gasteiger partial charge in [0.1, 0.15) is 17.1 Å². The normalized spacial score (nSPS) is 13.2. The van der Waals surface area contributed by atoms with Gasteiger partial charge in [-0.25, -0.2) is 9.07 Å². The zero-order valence-electron chi connectivity index (χ0n) is 23.9. The Morgan fingerprint density at radius 2 is 1.68 bits per heavy atom. The van der Waals surface area contributed by atoms with Crippen molar-refractivity contribution in [3.8, 4) is 5.69 Å². The van der Waals surface area contributed by atoms with E-state index in [0.717, 1.165) is 11.1 Å². The van der Waals surface area contributed by atoms with E-state index < -0.39 is 29.6 Å². The topological polar surface area (TPSA) is 114 Å². The van der Waals surface area contributed by atoms with Crippen molar-refractivity contribution in [3.63, 3.8) is 0 Å². The number of nitrogens with zero attached hydrogens (tertiary/aromatic N) is 2. The molecule has 8 nitrogen and oxygen atoms in total. The van der Waals surface area contributed by atoms with E-state index in [4.69, 9.17) is 9.84 Å². The minimum Gasteiger partial charge on any atom is -0.460 e. The summed E-state index contributed by atoms with van der Waals surface area (Å²) < 4.78 is 20.4. The van der Waals surface area contributed by atoms with Gasteiger partial charge in [0.05, 0.1) is 30.0 Å². The number of amides is 1. The van der Waals surface area contributed by atoms with Gasteiger partial charge in [0, 0.05) is 12.1 Å². The van der Waals surface area contributed by atoms with Crippen LogP contribution in [0.5, 0.6) is 0 Å². The number of nitrogens with one attached hydrogen (secondary N) is 1. The Bertz CT molecular complexity index is 1270. The maximum absolute atomic E-state index is 13.7. The molecule has 3 N–H and O–H groups in total. The molecule has 216 valence electrons. The van der Waals surface area contributed by atoms with E-state index in [2.05, 4.69) is 5.32 Å². The SMILES string of the molecule is CC(C)c1c(CC[C@@H](O)C[C@@H](O)CC(=O)OC(C)(C)C)nn(-c2ccc(F)cc2)c1C(=O)NCc1ccccc1. The fraction of sp³-hybridized carbons (Fsp3) is 0.452. The molecule has 0 spiro atoms. The molecule has 0 radical (unpaired) electrons. The molecule has 9 heteroatoms. The number of halogens is 1. The lowest BCUT2D eigenvalue weighted by molar-refractivity contribution is -0.157. The van der Waals surface area contributed by atoms with Crippen molar-refractivity contribution >= 4 is 11.9 Å². The molecule has 3 rings (SSSR count). The number of carbonyl (C=O) groups excluding carboxylic acids is 2. The highest BCUT2D eigenvalue weighted by Gasteiger charge is 2.27. The van der Waals surface area contributed by atoms with Gasteiger partial charge in [0.25, 0.3) is 5.91 Å². The highest BCUT2D eigenvalue weighted by molar-refractivity contribution is 5.95. The summed E-state index contributed by atoms with van der Waals surface area (Å²) in [5.41, 5.74) is 2.54. The van der Waals surface area contributed by atoms with Crippen molar-refractivity contribution in [1.29, 1.82) is 0 Å². The van der Waals surface area contributed by atoms with E-state index in [-0.39, 0.29) is 31.1 Å². The van der Waals surface area contributed by atoms with Crippen molar-refractivity contribution in [1.82, 2.24) is 15.1 Å². The van der Waals surface area contributed by atoms with Crippen LogP contribution in [0.25, 0.3) is 5.69 Å². The van der Waals surface area contributed by atoms with Crippen molar-refractivity contribution in [2.75, 3.05) is 0 Å². The van der Waals surface area contributed by atoms with E-state index in [1.165, 1.54) is 16.8 Å². The van der Waals surface area contributed by atoms with Gasteiger partial charge in [-0.15, -0.1) is 0 Å². The van der Waals surface area contributed by atoms with Gasteiger partial charge in [-0.3, -0.25) is 9.59 Å². The number of rotatable bonds is 12. The van der Waals surface area contributed by atoms with Gasteiger partial charge in [-0.05, 0) is 75.8 Å². The summed E-state index contributed by atoms with van der Waals surface area (Å²) in [5.74, 6) is -1.32. The monoisotopic (exact) mass is 553 g/mol. The van der Waals surface area contributed by atoms with E-state index in [1.807, 2.05) is 44.2 Å². The highest BCUT2D eigenvalue weighted by Crippen LogP contribution is 2.28. The van der Waals surface area contributed by atoms with Crippen molar-refractivity contribution in [2.24, 2.45) is 0 Å². The van der Waals surface area contributed by atoms with Gasteiger partial charge < -0.3 is 20.3 Å². The summed E-state index contributed by atoms with van der Waals surface area (Å²) in [6, 6.07) is 15.3. The van der Waals surface area contributed by atoms with Gasteiger partial charge in [0.2, 0.25) is 0 Å². The van der Waals surface area contributed by atoms with Gasteiger partial charge in [-0.1, -0.05) is 44.2 Å². The largest absolute Gasteiger partial charge is 0.460 e. The van der Waals surface area contributed by atoms with Crippen molar-refractivity contribution in [3.05, 3.63) is 82.9 Å². The lowest BCUT2D eigenvalue weighted by atomic mass is 9.95. The zero-order valence-corrected chi connectivity index (χ0v) is 23.9. The minimum absolute atomic E-state index is 0.000650. The Morgan fingerprint density at radius 3 is 2.27 bits per heavy atom. The number of esters is 1. The van der Waals surface area contributed by atoms with Crippen LogP contribution in [-0.4, -0.2) is 49.7 Å². The molecule has 0 aliphatic heterocycles. The summed E-state index contributed by atoms with van der Waals surface area (Å²) in [6.45, 7) is 9.50. The minimum atomic E-state index is -1.05. The number of hydrogen-bond donors (Lipinski definition) is 3. The third kappa shape index (κ3) is 8.99. The molecule has 2 atom stereocenters.